The molecule has 3 N–H and O–H groups in total. The number of nitrogens with one attached hydrogen (secondary N) is 1. The van der Waals surface area contributed by atoms with Crippen LogP contribution in [0.3, 0.4) is 0 Å². The van der Waals surface area contributed by atoms with E-state index in [2.05, 4.69) is 15.3 Å². The summed E-state index contributed by atoms with van der Waals surface area (Å²) in [6, 6.07) is -1.14. The van der Waals surface area contributed by atoms with Crippen LogP contribution in [-0.2, 0) is 22.9 Å². The highest BCUT2D eigenvalue weighted by molar-refractivity contribution is 5.76. The molecule has 1 aromatic rings. The zero-order chi connectivity index (χ0) is 24.3. The number of azide groups is 1. The highest BCUT2D eigenvalue weighted by atomic mass is 16.5. The van der Waals surface area contributed by atoms with E-state index in [0.29, 0.717) is 0 Å². The lowest BCUT2D eigenvalue weighted by Crippen LogP contribution is -2.67. The van der Waals surface area contributed by atoms with Crippen LogP contribution in [0.4, 0.5) is 4.79 Å². The third-order valence-electron chi connectivity index (χ3n) is 6.39. The van der Waals surface area contributed by atoms with E-state index in [1.807, 2.05) is 0 Å². The molecule has 2 fully saturated rings. The third kappa shape index (κ3) is 4.75. The van der Waals surface area contributed by atoms with Crippen LogP contribution in [0.15, 0.2) is 20.8 Å². The maximum Gasteiger partial charge on any atom is 0.335 e. The highest BCUT2D eigenvalue weighted by Crippen LogP contribution is 2.35. The molecular formula is C19H29N7O7. The predicted octanol–water partition coefficient (Wildman–Crippen LogP) is -0.517. The second kappa shape index (κ2) is 10.4. The average Bonchev–Trinajstić information content (AvgIpc) is 2.78. The molecule has 0 bridgehead atoms. The maximum atomic E-state index is 13.0. The summed E-state index contributed by atoms with van der Waals surface area (Å²) in [4.78, 5) is 42.5. The first kappa shape index (κ1) is 24.7. The molecule has 2 aliphatic rings. The van der Waals surface area contributed by atoms with E-state index in [1.54, 1.807) is 11.8 Å². The third-order valence-corrected chi connectivity index (χ3v) is 6.39. The van der Waals surface area contributed by atoms with Gasteiger partial charge >= 0.3 is 11.7 Å². The largest absolute Gasteiger partial charge is 0.393 e. The molecule has 1 aromatic heterocycles. The van der Waals surface area contributed by atoms with Gasteiger partial charge < -0.3 is 29.9 Å². The summed E-state index contributed by atoms with van der Waals surface area (Å²) in [5.41, 5.74) is 7.30. The van der Waals surface area contributed by atoms with Gasteiger partial charge in [0.1, 0.15) is 19.6 Å². The molecule has 14 nitrogen and oxygen atoms in total. The molecule has 6 atom stereocenters. The van der Waals surface area contributed by atoms with Crippen molar-refractivity contribution in [3.8, 4) is 0 Å². The first-order valence-electron chi connectivity index (χ1n) is 10.5. The first-order valence-corrected chi connectivity index (χ1v) is 10.5. The SMILES string of the molecule is COCn1c([C@@H](O)[C@H]2C[C@H]3C[C@H](O)[C@H](C)[C@@H](CN=[N+]=[N-])N3C(=O)N2)cc(=O)n(COC)c1=O. The second-order valence-corrected chi connectivity index (χ2v) is 8.32. The van der Waals surface area contributed by atoms with E-state index in [4.69, 9.17) is 15.0 Å². The fourth-order valence-electron chi connectivity index (χ4n) is 4.67. The van der Waals surface area contributed by atoms with Gasteiger partial charge in [-0.3, -0.25) is 9.36 Å². The molecule has 0 spiro atoms. The Labute approximate surface area is 188 Å². The maximum absolute atomic E-state index is 13.0. The van der Waals surface area contributed by atoms with Crippen molar-refractivity contribution >= 4 is 6.03 Å². The van der Waals surface area contributed by atoms with Crippen LogP contribution in [0.1, 0.15) is 31.6 Å². The second-order valence-electron chi connectivity index (χ2n) is 8.32. The fourth-order valence-corrected chi connectivity index (χ4v) is 4.67. The number of methoxy groups -OCH3 is 2. The molecule has 0 aliphatic carbocycles. The lowest BCUT2D eigenvalue weighted by Gasteiger charge is -2.51. The van der Waals surface area contributed by atoms with Crippen LogP contribution in [0.25, 0.3) is 10.4 Å². The van der Waals surface area contributed by atoms with Crippen molar-refractivity contribution < 1.29 is 24.5 Å². The van der Waals surface area contributed by atoms with Crippen molar-refractivity contribution in [2.24, 2.45) is 11.0 Å². The van der Waals surface area contributed by atoms with E-state index >= 15 is 0 Å². The number of nitrogens with zero attached hydrogens (tertiary/aromatic N) is 6. The van der Waals surface area contributed by atoms with Gasteiger partial charge in [-0.15, -0.1) is 0 Å². The molecule has 0 radical (unpaired) electrons. The van der Waals surface area contributed by atoms with Crippen LogP contribution in [0.2, 0.25) is 0 Å². The molecule has 182 valence electrons. The summed E-state index contributed by atoms with van der Waals surface area (Å²) in [6.07, 6.45) is -1.59. The minimum atomic E-state index is -1.39. The van der Waals surface area contributed by atoms with Crippen molar-refractivity contribution in [2.45, 2.75) is 63.6 Å². The number of hydrogen-bond donors (Lipinski definition) is 3. The molecule has 3 rings (SSSR count). The number of aromatic nitrogens is 2. The van der Waals surface area contributed by atoms with Gasteiger partial charge in [0.25, 0.3) is 5.56 Å². The number of rotatable bonds is 8. The number of amides is 2. The molecule has 2 amide bonds. The van der Waals surface area contributed by atoms with Gasteiger partial charge in [0.15, 0.2) is 0 Å². The summed E-state index contributed by atoms with van der Waals surface area (Å²) < 4.78 is 11.9. The minimum Gasteiger partial charge on any atom is -0.393 e. The molecule has 0 saturated carbocycles. The Balaban J connectivity index is 1.93. The summed E-state index contributed by atoms with van der Waals surface area (Å²) >= 11 is 0. The number of aliphatic hydroxyl groups excluding tert-OH is 2. The molecule has 33 heavy (non-hydrogen) atoms. The molecule has 2 saturated heterocycles. The highest BCUT2D eigenvalue weighted by Gasteiger charge is 2.47. The zero-order valence-corrected chi connectivity index (χ0v) is 18.7. The Morgan fingerprint density at radius 3 is 2.55 bits per heavy atom. The number of fused-ring (bicyclic) bond motifs is 1. The number of carbonyl (C=O) groups is 1. The topological polar surface area (TPSA) is 184 Å². The molecule has 3 heterocycles. The van der Waals surface area contributed by atoms with E-state index in [-0.39, 0.29) is 44.5 Å². The number of ether oxygens (including phenoxy) is 2. The van der Waals surface area contributed by atoms with E-state index in [0.717, 1.165) is 15.2 Å². The molecular weight excluding hydrogens is 438 g/mol. The monoisotopic (exact) mass is 467 g/mol. The number of piperidine rings is 1. The zero-order valence-electron chi connectivity index (χ0n) is 18.7. The number of aliphatic hydroxyl groups is 2. The molecule has 0 unspecified atom stereocenters. The van der Waals surface area contributed by atoms with E-state index in [9.17, 15) is 24.6 Å². The lowest BCUT2D eigenvalue weighted by molar-refractivity contribution is -0.0413. The van der Waals surface area contributed by atoms with Gasteiger partial charge in [0.2, 0.25) is 0 Å². The Morgan fingerprint density at radius 1 is 1.24 bits per heavy atom. The predicted molar refractivity (Wildman–Crippen MR) is 114 cm³/mol. The van der Waals surface area contributed by atoms with Gasteiger partial charge in [-0.1, -0.05) is 12.0 Å². The minimum absolute atomic E-state index is 0.00619. The average molecular weight is 467 g/mol. The van der Waals surface area contributed by atoms with Crippen LogP contribution in [0.5, 0.6) is 0 Å². The number of carbonyl (C=O) groups excluding carboxylic acids is 1. The van der Waals surface area contributed by atoms with Crippen LogP contribution < -0.4 is 16.6 Å². The van der Waals surface area contributed by atoms with Gasteiger partial charge in [-0.2, -0.15) is 0 Å². The summed E-state index contributed by atoms with van der Waals surface area (Å²) in [5, 5.41) is 27.9. The quantitative estimate of drug-likeness (QED) is 0.261. The summed E-state index contributed by atoms with van der Waals surface area (Å²) in [6.45, 7) is 1.30. The smallest absolute Gasteiger partial charge is 0.335 e. The molecule has 0 aromatic carbocycles. The standard InChI is InChI=1S/C19H29N7O7/c1-10-14(7-21-23-20)26-11(5-15(10)27)4-12(22-18(26)30)17(29)13-6-16(28)25(9-33-3)19(31)24(13)8-32-2/h6,10-12,14-15,17,27,29H,4-5,7-9H2,1-3H3,(H,22,30)/t10-,11+,12-,14-,15+,17+/m1/s1. The Hall–Kier alpha value is -2.90. The summed E-state index contributed by atoms with van der Waals surface area (Å²) in [7, 11) is 2.70. The first-order chi connectivity index (χ1) is 15.7. The number of urea groups is 1. The Kier molecular flexibility index (Phi) is 7.76. The Morgan fingerprint density at radius 2 is 1.91 bits per heavy atom. The van der Waals surface area contributed by atoms with Gasteiger partial charge in [0, 0.05) is 49.7 Å². The van der Waals surface area contributed by atoms with Crippen LogP contribution in [-0.4, -0.2) is 75.3 Å². The van der Waals surface area contributed by atoms with Crippen molar-refractivity contribution in [3.05, 3.63) is 43.0 Å². The van der Waals surface area contributed by atoms with Crippen LogP contribution in [0, 0.1) is 5.92 Å². The van der Waals surface area contributed by atoms with Crippen molar-refractivity contribution in [2.75, 3.05) is 20.8 Å². The van der Waals surface area contributed by atoms with Crippen molar-refractivity contribution in [1.29, 1.82) is 0 Å². The lowest BCUT2D eigenvalue weighted by atomic mass is 9.80. The summed E-state index contributed by atoms with van der Waals surface area (Å²) in [5.74, 6) is -0.306. The van der Waals surface area contributed by atoms with Gasteiger partial charge in [-0.05, 0) is 18.4 Å². The van der Waals surface area contributed by atoms with Crippen molar-refractivity contribution in [1.82, 2.24) is 19.4 Å². The fraction of sp³-hybridized carbons (Fsp3) is 0.737. The normalized spacial score (nSPS) is 28.0. The molecule has 2 aliphatic heterocycles. The van der Waals surface area contributed by atoms with E-state index < -0.39 is 47.6 Å². The Bertz CT molecular complexity index is 1030. The van der Waals surface area contributed by atoms with Crippen LogP contribution >= 0.6 is 0 Å². The molecule has 14 heteroatoms. The van der Waals surface area contributed by atoms with Gasteiger partial charge in [-0.25, -0.2) is 14.2 Å². The van der Waals surface area contributed by atoms with E-state index in [1.165, 1.54) is 14.2 Å². The van der Waals surface area contributed by atoms with Gasteiger partial charge in [0.05, 0.1) is 17.8 Å². The number of hydrogen-bond acceptors (Lipinski definition) is 8. The van der Waals surface area contributed by atoms with Crippen molar-refractivity contribution in [3.63, 3.8) is 0 Å².